The Balaban J connectivity index is 1.15. The summed E-state index contributed by atoms with van der Waals surface area (Å²) in [6.07, 6.45) is 10.3. The highest BCUT2D eigenvalue weighted by Crippen LogP contribution is 2.62. The standard InChI is InChI=1S/C33H46N4O2/c1-20-9-12-25-16-26(17-30(20)36(25)14-13-22-10-11-24-15-27(22)33(24,3)4)37-29-8-6-5-7-28(29)34-31(32(37)39)35-18-23(19-35)21(2)38/h5-8,20,22-27,30H,9-19H2,1-4H3. The molecule has 2 aromatic rings. The summed E-state index contributed by atoms with van der Waals surface area (Å²) in [6, 6.07) is 9.45. The molecular formula is C33H46N4O2. The van der Waals surface area contributed by atoms with Crippen molar-refractivity contribution in [3.63, 3.8) is 0 Å². The van der Waals surface area contributed by atoms with Crippen LogP contribution in [0.4, 0.5) is 5.82 Å². The number of carbonyl (C=O) groups is 1. The van der Waals surface area contributed by atoms with Crippen molar-refractivity contribution in [1.29, 1.82) is 0 Å². The minimum Gasteiger partial charge on any atom is -0.350 e. The van der Waals surface area contributed by atoms with Crippen molar-refractivity contribution in [3.8, 4) is 0 Å². The number of nitrogens with zero attached hydrogens (tertiary/aromatic N) is 4. The van der Waals surface area contributed by atoms with Gasteiger partial charge in [-0.2, -0.15) is 0 Å². The van der Waals surface area contributed by atoms with Gasteiger partial charge in [0.25, 0.3) is 5.56 Å². The van der Waals surface area contributed by atoms with Crippen LogP contribution >= 0.6 is 0 Å². The third kappa shape index (κ3) is 4.10. The zero-order valence-electron chi connectivity index (χ0n) is 24.3. The highest BCUT2D eigenvalue weighted by atomic mass is 16.1. The molecule has 3 saturated carbocycles. The number of benzene rings is 1. The van der Waals surface area contributed by atoms with Crippen LogP contribution in [0.5, 0.6) is 0 Å². The fraction of sp³-hybridized carbons (Fsp3) is 0.727. The third-order valence-electron chi connectivity index (χ3n) is 12.2. The van der Waals surface area contributed by atoms with Crippen molar-refractivity contribution in [1.82, 2.24) is 14.5 Å². The Morgan fingerprint density at radius 2 is 1.82 bits per heavy atom. The fourth-order valence-corrected chi connectivity index (χ4v) is 9.52. The second kappa shape index (κ2) is 9.43. The maximum Gasteiger partial charge on any atom is 0.294 e. The van der Waals surface area contributed by atoms with Crippen molar-refractivity contribution in [2.45, 2.75) is 97.2 Å². The van der Waals surface area contributed by atoms with Gasteiger partial charge in [-0.05, 0) is 106 Å². The monoisotopic (exact) mass is 530 g/mol. The van der Waals surface area contributed by atoms with Crippen LogP contribution in [-0.4, -0.2) is 52.0 Å². The lowest BCUT2D eigenvalue weighted by Crippen LogP contribution is -2.58. The number of hydrogen-bond donors (Lipinski definition) is 0. The van der Waals surface area contributed by atoms with Gasteiger partial charge in [-0.25, -0.2) is 4.98 Å². The van der Waals surface area contributed by atoms with E-state index >= 15 is 0 Å². The number of piperidine rings is 2. The first kappa shape index (κ1) is 25.7. The molecule has 39 heavy (non-hydrogen) atoms. The van der Waals surface area contributed by atoms with Crippen molar-refractivity contribution < 1.29 is 4.79 Å². The lowest BCUT2D eigenvalue weighted by Gasteiger charge is -2.61. The summed E-state index contributed by atoms with van der Waals surface area (Å²) in [7, 11) is 0. The quantitative estimate of drug-likeness (QED) is 0.480. The normalized spacial score (nSPS) is 35.9. The van der Waals surface area contributed by atoms with Gasteiger partial charge in [0.2, 0.25) is 0 Å². The average molecular weight is 531 g/mol. The summed E-state index contributed by atoms with van der Waals surface area (Å²) in [4.78, 5) is 35.7. The second-order valence-electron chi connectivity index (χ2n) is 14.4. The summed E-state index contributed by atoms with van der Waals surface area (Å²) in [5.74, 6) is 4.21. The number of rotatable bonds is 6. The molecule has 1 aromatic heterocycles. The topological polar surface area (TPSA) is 58.4 Å². The van der Waals surface area contributed by atoms with E-state index in [1.54, 1.807) is 6.92 Å². The summed E-state index contributed by atoms with van der Waals surface area (Å²) in [5, 5.41) is 0. The van der Waals surface area contributed by atoms with E-state index in [1.165, 1.54) is 45.1 Å². The molecule has 0 radical (unpaired) electrons. The molecule has 8 rings (SSSR count). The van der Waals surface area contributed by atoms with Crippen LogP contribution in [0.3, 0.4) is 0 Å². The predicted octanol–water partition coefficient (Wildman–Crippen LogP) is 5.69. The molecule has 1 aromatic carbocycles. The average Bonchev–Trinajstić information content (AvgIpc) is 2.89. The van der Waals surface area contributed by atoms with Crippen LogP contribution in [0.25, 0.3) is 11.0 Å². The molecule has 4 heterocycles. The van der Waals surface area contributed by atoms with Gasteiger partial charge in [0.05, 0.1) is 17.0 Å². The number of carbonyl (C=O) groups excluding carboxylic acids is 1. The van der Waals surface area contributed by atoms with Crippen molar-refractivity contribution in [2.75, 3.05) is 24.5 Å². The molecule has 0 amide bonds. The number of anilines is 1. The maximum atomic E-state index is 14.1. The smallest absolute Gasteiger partial charge is 0.294 e. The van der Waals surface area contributed by atoms with Crippen LogP contribution < -0.4 is 10.5 Å². The molecule has 6 heteroatoms. The first-order chi connectivity index (χ1) is 18.7. The zero-order chi connectivity index (χ0) is 27.1. The van der Waals surface area contributed by atoms with Gasteiger partial charge in [0.15, 0.2) is 5.82 Å². The lowest BCUT2D eigenvalue weighted by atomic mass is 9.45. The molecule has 6 aliphatic rings. The second-order valence-corrected chi connectivity index (χ2v) is 14.4. The number of Topliss-reactive ketones (excluding diaryl/α,β-unsaturated/α-hetero) is 1. The van der Waals surface area contributed by atoms with Crippen LogP contribution in [0.1, 0.15) is 85.1 Å². The molecule has 3 aliphatic carbocycles. The largest absolute Gasteiger partial charge is 0.350 e. The van der Waals surface area contributed by atoms with Gasteiger partial charge in [-0.1, -0.05) is 32.9 Å². The van der Waals surface area contributed by atoms with E-state index in [0.29, 0.717) is 42.3 Å². The van der Waals surface area contributed by atoms with Crippen LogP contribution in [0.2, 0.25) is 0 Å². The van der Waals surface area contributed by atoms with Gasteiger partial charge in [-0.15, -0.1) is 0 Å². The predicted molar refractivity (Wildman–Crippen MR) is 156 cm³/mol. The van der Waals surface area contributed by atoms with Crippen molar-refractivity contribution in [2.24, 2.45) is 35.0 Å². The summed E-state index contributed by atoms with van der Waals surface area (Å²) in [5.41, 5.74) is 2.44. The Kier molecular flexibility index (Phi) is 6.22. The summed E-state index contributed by atoms with van der Waals surface area (Å²) in [6.45, 7) is 11.6. The third-order valence-corrected chi connectivity index (χ3v) is 12.2. The molecule has 3 saturated heterocycles. The molecule has 4 bridgehead atoms. The molecule has 210 valence electrons. The van der Waals surface area contributed by atoms with Gasteiger partial charge in [-0.3, -0.25) is 14.5 Å². The molecule has 0 N–H and O–H groups in total. The van der Waals surface area contributed by atoms with Gasteiger partial charge < -0.3 is 9.47 Å². The fourth-order valence-electron chi connectivity index (χ4n) is 9.52. The minimum atomic E-state index is 0.0233. The number of para-hydroxylation sites is 2. The number of hydrogen-bond acceptors (Lipinski definition) is 5. The van der Waals surface area contributed by atoms with E-state index in [-0.39, 0.29) is 23.3 Å². The number of ketones is 1. The SMILES string of the molecule is CC(=O)C1CN(c2nc3ccccc3n(C3CC4CCC(C)C(C3)N4CCC3CCC4CC3C4(C)C)c2=O)C1. The molecule has 7 atom stereocenters. The molecule has 6 fully saturated rings. The molecular weight excluding hydrogens is 484 g/mol. The van der Waals surface area contributed by atoms with Gasteiger partial charge in [0, 0.05) is 31.2 Å². The first-order valence-corrected chi connectivity index (χ1v) is 15.7. The van der Waals surface area contributed by atoms with E-state index in [2.05, 4.69) is 36.3 Å². The van der Waals surface area contributed by atoms with Crippen molar-refractivity contribution >= 4 is 22.6 Å². The van der Waals surface area contributed by atoms with E-state index < -0.39 is 0 Å². The first-order valence-electron chi connectivity index (χ1n) is 15.7. The Hall–Kier alpha value is -2.21. The Morgan fingerprint density at radius 1 is 1.03 bits per heavy atom. The van der Waals surface area contributed by atoms with E-state index in [9.17, 15) is 9.59 Å². The molecule has 7 unspecified atom stereocenters. The van der Waals surface area contributed by atoms with E-state index in [1.807, 2.05) is 23.1 Å². The molecule has 3 aliphatic heterocycles. The molecule has 0 spiro atoms. The minimum absolute atomic E-state index is 0.0233. The van der Waals surface area contributed by atoms with Crippen LogP contribution in [0, 0.1) is 35.0 Å². The highest BCUT2D eigenvalue weighted by molar-refractivity contribution is 5.82. The van der Waals surface area contributed by atoms with Crippen molar-refractivity contribution in [3.05, 3.63) is 34.6 Å². The number of fused-ring (bicyclic) bond motifs is 5. The Bertz CT molecular complexity index is 1320. The number of aromatic nitrogens is 2. The van der Waals surface area contributed by atoms with Crippen LogP contribution in [-0.2, 0) is 4.79 Å². The van der Waals surface area contributed by atoms with Crippen LogP contribution in [0.15, 0.2) is 29.1 Å². The van der Waals surface area contributed by atoms with E-state index in [4.69, 9.17) is 4.98 Å². The Labute approximate surface area is 233 Å². The summed E-state index contributed by atoms with van der Waals surface area (Å²) >= 11 is 0. The molecule has 6 nitrogen and oxygen atoms in total. The highest BCUT2D eigenvalue weighted by Gasteiger charge is 2.54. The lowest BCUT2D eigenvalue weighted by molar-refractivity contribution is -0.121. The van der Waals surface area contributed by atoms with Gasteiger partial charge >= 0.3 is 0 Å². The Morgan fingerprint density at radius 3 is 2.56 bits per heavy atom. The van der Waals surface area contributed by atoms with E-state index in [0.717, 1.165) is 41.6 Å². The zero-order valence-corrected chi connectivity index (χ0v) is 24.3. The summed E-state index contributed by atoms with van der Waals surface area (Å²) < 4.78 is 2.10. The van der Waals surface area contributed by atoms with Gasteiger partial charge in [0.1, 0.15) is 5.78 Å². The maximum absolute atomic E-state index is 14.1.